The number of aryl methyl sites for hydroxylation is 1. The van der Waals surface area contributed by atoms with Crippen LogP contribution in [0.2, 0.25) is 0 Å². The highest BCUT2D eigenvalue weighted by Crippen LogP contribution is 2.30. The molecule has 0 aliphatic carbocycles. The fourth-order valence-corrected chi connectivity index (χ4v) is 2.85. The first-order valence-electron chi connectivity index (χ1n) is 9.22. The van der Waals surface area contributed by atoms with Crippen molar-refractivity contribution in [3.05, 3.63) is 59.2 Å². The molecule has 0 radical (unpaired) electrons. The van der Waals surface area contributed by atoms with Crippen molar-refractivity contribution in [2.45, 2.75) is 33.4 Å². The molecule has 0 saturated heterocycles. The Hall–Kier alpha value is -3.02. The van der Waals surface area contributed by atoms with E-state index in [0.29, 0.717) is 17.1 Å². The molecule has 0 heterocycles. The Morgan fingerprint density at radius 3 is 2.25 bits per heavy atom. The number of nitrogens with one attached hydrogen (secondary N) is 2. The van der Waals surface area contributed by atoms with Gasteiger partial charge < -0.3 is 20.1 Å². The van der Waals surface area contributed by atoms with Gasteiger partial charge in [-0.1, -0.05) is 43.7 Å². The summed E-state index contributed by atoms with van der Waals surface area (Å²) in [7, 11) is 3.12. The number of benzene rings is 2. The van der Waals surface area contributed by atoms with E-state index in [9.17, 15) is 9.59 Å². The molecule has 0 saturated carbocycles. The Kier molecular flexibility index (Phi) is 7.44. The van der Waals surface area contributed by atoms with E-state index in [1.54, 1.807) is 32.4 Å². The number of ether oxygens (including phenoxy) is 2. The minimum absolute atomic E-state index is 0.0680. The van der Waals surface area contributed by atoms with Crippen LogP contribution in [0.3, 0.4) is 0 Å². The molecule has 6 nitrogen and oxygen atoms in total. The van der Waals surface area contributed by atoms with Crippen molar-refractivity contribution in [1.29, 1.82) is 0 Å². The van der Waals surface area contributed by atoms with E-state index in [0.717, 1.165) is 11.1 Å². The summed E-state index contributed by atoms with van der Waals surface area (Å²) in [5.41, 5.74) is 2.39. The van der Waals surface area contributed by atoms with Crippen molar-refractivity contribution in [2.24, 2.45) is 5.92 Å². The predicted molar refractivity (Wildman–Crippen MR) is 109 cm³/mol. The van der Waals surface area contributed by atoms with E-state index in [-0.39, 0.29) is 24.3 Å². The first-order chi connectivity index (χ1) is 13.4. The molecule has 2 aromatic carbocycles. The average molecular weight is 384 g/mol. The maximum atomic E-state index is 12.7. The molecule has 2 rings (SSSR count). The van der Waals surface area contributed by atoms with Gasteiger partial charge in [0.2, 0.25) is 5.91 Å². The Labute approximate surface area is 166 Å². The summed E-state index contributed by atoms with van der Waals surface area (Å²) in [6.45, 7) is 6.01. The summed E-state index contributed by atoms with van der Waals surface area (Å²) in [5, 5.41) is 5.72. The summed E-state index contributed by atoms with van der Waals surface area (Å²) in [5.74, 6) is 0.590. The second kappa shape index (κ2) is 9.78. The maximum absolute atomic E-state index is 12.7. The lowest BCUT2D eigenvalue weighted by molar-refractivity contribution is -0.124. The molecule has 0 spiro atoms. The van der Waals surface area contributed by atoms with E-state index >= 15 is 0 Å². The van der Waals surface area contributed by atoms with Crippen LogP contribution in [0, 0.1) is 12.8 Å². The quantitative estimate of drug-likeness (QED) is 0.733. The largest absolute Gasteiger partial charge is 0.493 e. The molecule has 150 valence electrons. The van der Waals surface area contributed by atoms with E-state index in [2.05, 4.69) is 10.6 Å². The molecule has 0 fully saturated rings. The van der Waals surface area contributed by atoms with Crippen LogP contribution in [0.4, 0.5) is 0 Å². The highest BCUT2D eigenvalue weighted by atomic mass is 16.5. The second-order valence-electron chi connectivity index (χ2n) is 6.93. The number of para-hydroxylation sites is 1. The molecule has 2 N–H and O–H groups in total. The van der Waals surface area contributed by atoms with E-state index in [4.69, 9.17) is 9.47 Å². The number of carbonyl (C=O) groups is 2. The van der Waals surface area contributed by atoms with Gasteiger partial charge in [-0.3, -0.25) is 9.59 Å². The van der Waals surface area contributed by atoms with Gasteiger partial charge in [0, 0.05) is 17.7 Å². The summed E-state index contributed by atoms with van der Waals surface area (Å²) < 4.78 is 10.7. The zero-order valence-electron chi connectivity index (χ0n) is 17.0. The van der Waals surface area contributed by atoms with E-state index < -0.39 is 6.04 Å². The van der Waals surface area contributed by atoms with Gasteiger partial charge in [-0.15, -0.1) is 0 Å². The average Bonchev–Trinajstić information content (AvgIpc) is 2.69. The maximum Gasteiger partial charge on any atom is 0.251 e. The summed E-state index contributed by atoms with van der Waals surface area (Å²) >= 11 is 0. The first-order valence-corrected chi connectivity index (χ1v) is 9.22. The van der Waals surface area contributed by atoms with Crippen molar-refractivity contribution in [1.82, 2.24) is 10.6 Å². The number of methoxy groups -OCH3 is 2. The normalized spacial score (nSPS) is 11.6. The van der Waals surface area contributed by atoms with Crippen molar-refractivity contribution >= 4 is 11.8 Å². The van der Waals surface area contributed by atoms with Gasteiger partial charge in [-0.2, -0.15) is 0 Å². The number of hydrogen-bond acceptors (Lipinski definition) is 4. The molecule has 0 aliphatic heterocycles. The van der Waals surface area contributed by atoms with Crippen LogP contribution in [0.25, 0.3) is 0 Å². The molecule has 2 aromatic rings. The highest BCUT2D eigenvalue weighted by Gasteiger charge is 2.25. The zero-order chi connectivity index (χ0) is 20.7. The highest BCUT2D eigenvalue weighted by molar-refractivity contribution is 5.97. The van der Waals surface area contributed by atoms with Crippen LogP contribution >= 0.6 is 0 Å². The molecule has 28 heavy (non-hydrogen) atoms. The lowest BCUT2D eigenvalue weighted by Gasteiger charge is -2.22. The monoisotopic (exact) mass is 384 g/mol. The fraction of sp³-hybridized carbons (Fsp3) is 0.364. The number of rotatable bonds is 8. The summed E-state index contributed by atoms with van der Waals surface area (Å²) in [6.07, 6.45) is 0. The van der Waals surface area contributed by atoms with Crippen LogP contribution in [-0.2, 0) is 11.3 Å². The van der Waals surface area contributed by atoms with Gasteiger partial charge in [0.25, 0.3) is 5.91 Å². The van der Waals surface area contributed by atoms with Crippen molar-refractivity contribution < 1.29 is 19.1 Å². The van der Waals surface area contributed by atoms with Crippen LogP contribution in [0.15, 0.2) is 42.5 Å². The second-order valence-corrected chi connectivity index (χ2v) is 6.93. The number of carbonyl (C=O) groups excluding carboxylic acids is 2. The third-order valence-electron chi connectivity index (χ3n) is 4.49. The van der Waals surface area contributed by atoms with Crippen LogP contribution in [0.1, 0.15) is 35.3 Å². The smallest absolute Gasteiger partial charge is 0.251 e. The molecule has 1 atom stereocenters. The van der Waals surface area contributed by atoms with Crippen LogP contribution in [0.5, 0.6) is 11.5 Å². The van der Waals surface area contributed by atoms with E-state index in [1.165, 1.54) is 0 Å². The standard InChI is InChI=1S/C22H28N2O4/c1-14(2)19(24-21(25)16-11-9-15(3)10-12-16)22(26)23-13-17-7-6-8-18(27-4)20(17)28-5/h6-12,14,19H,13H2,1-5H3,(H,23,26)(H,24,25). The molecule has 0 bridgehead atoms. The molecular formula is C22H28N2O4. The van der Waals surface area contributed by atoms with Crippen molar-refractivity contribution in [3.8, 4) is 11.5 Å². The van der Waals surface area contributed by atoms with E-state index in [1.807, 2.05) is 45.0 Å². The minimum Gasteiger partial charge on any atom is -0.493 e. The molecule has 0 aliphatic rings. The van der Waals surface area contributed by atoms with Gasteiger partial charge in [0.05, 0.1) is 14.2 Å². The number of amides is 2. The van der Waals surface area contributed by atoms with Crippen LogP contribution < -0.4 is 20.1 Å². The summed E-state index contributed by atoms with van der Waals surface area (Å²) in [6, 6.07) is 12.1. The molecular weight excluding hydrogens is 356 g/mol. The molecule has 0 aromatic heterocycles. The topological polar surface area (TPSA) is 76.7 Å². The Morgan fingerprint density at radius 2 is 1.68 bits per heavy atom. The predicted octanol–water partition coefficient (Wildman–Crippen LogP) is 3.08. The Balaban J connectivity index is 2.07. The van der Waals surface area contributed by atoms with Gasteiger partial charge >= 0.3 is 0 Å². The Bertz CT molecular complexity index is 816. The molecule has 2 amide bonds. The molecule has 6 heteroatoms. The SMILES string of the molecule is COc1cccc(CNC(=O)C(NC(=O)c2ccc(C)cc2)C(C)C)c1OC. The lowest BCUT2D eigenvalue weighted by atomic mass is 10.0. The Morgan fingerprint density at radius 1 is 1.00 bits per heavy atom. The molecule has 1 unspecified atom stereocenters. The number of hydrogen-bond donors (Lipinski definition) is 2. The van der Waals surface area contributed by atoms with Gasteiger partial charge in [0.1, 0.15) is 6.04 Å². The zero-order valence-corrected chi connectivity index (χ0v) is 17.0. The first kappa shape index (κ1) is 21.3. The third-order valence-corrected chi connectivity index (χ3v) is 4.49. The van der Waals surface area contributed by atoms with Crippen molar-refractivity contribution in [2.75, 3.05) is 14.2 Å². The van der Waals surface area contributed by atoms with Gasteiger partial charge in [-0.05, 0) is 31.0 Å². The fourth-order valence-electron chi connectivity index (χ4n) is 2.85. The van der Waals surface area contributed by atoms with Gasteiger partial charge in [0.15, 0.2) is 11.5 Å². The lowest BCUT2D eigenvalue weighted by Crippen LogP contribution is -2.49. The summed E-state index contributed by atoms with van der Waals surface area (Å²) in [4.78, 5) is 25.2. The third kappa shape index (κ3) is 5.25. The van der Waals surface area contributed by atoms with Crippen LogP contribution in [-0.4, -0.2) is 32.1 Å². The van der Waals surface area contributed by atoms with Gasteiger partial charge in [-0.25, -0.2) is 0 Å². The van der Waals surface area contributed by atoms with Crippen molar-refractivity contribution in [3.63, 3.8) is 0 Å². The minimum atomic E-state index is -0.648.